The van der Waals surface area contributed by atoms with Gasteiger partial charge in [0, 0.05) is 58.1 Å². The second-order valence-electron chi connectivity index (χ2n) is 6.58. The Morgan fingerprint density at radius 2 is 2.38 bits per heavy atom. The summed E-state index contributed by atoms with van der Waals surface area (Å²) in [5.74, 6) is 0.497. The van der Waals surface area contributed by atoms with Gasteiger partial charge < -0.3 is 10.6 Å². The Labute approximate surface area is 143 Å². The van der Waals surface area contributed by atoms with Crippen LogP contribution in [-0.2, 0) is 4.79 Å². The second kappa shape index (κ2) is 7.73. The monoisotopic (exact) mass is 326 g/mol. The van der Waals surface area contributed by atoms with Crippen molar-refractivity contribution in [2.75, 3.05) is 33.2 Å². The number of allylic oxidation sites excluding steroid dienone is 1. The molecule has 1 saturated heterocycles. The summed E-state index contributed by atoms with van der Waals surface area (Å²) < 4.78 is 0. The number of carbonyl (C=O) groups is 1. The van der Waals surface area contributed by atoms with Crippen molar-refractivity contribution in [2.24, 2.45) is 5.92 Å². The van der Waals surface area contributed by atoms with Crippen LogP contribution in [0.5, 0.6) is 0 Å². The van der Waals surface area contributed by atoms with Gasteiger partial charge in [0.2, 0.25) is 5.91 Å². The Balaban J connectivity index is 1.89. The van der Waals surface area contributed by atoms with Crippen LogP contribution in [0, 0.1) is 5.92 Å². The minimum atomic E-state index is 0.0988. The van der Waals surface area contributed by atoms with Crippen molar-refractivity contribution in [1.82, 2.24) is 20.5 Å². The van der Waals surface area contributed by atoms with Crippen LogP contribution in [0.4, 0.5) is 0 Å². The highest BCUT2D eigenvalue weighted by Gasteiger charge is 2.24. The molecule has 0 spiro atoms. The standard InChI is InChI=1S/C19H26N4O/c1-14-3-4-15(18-5-6-21-11-16(18)9-14)13-23-8-7-22-12-17(23)10-19(24)20-2/h3-6,9,11,14,17,22H,7-8,10,12-13H2,1-2H3,(H,20,24). The molecule has 0 bridgehead atoms. The number of rotatable bonds is 4. The first-order chi connectivity index (χ1) is 11.7. The number of hydrogen-bond donors (Lipinski definition) is 2. The molecule has 1 fully saturated rings. The highest BCUT2D eigenvalue weighted by atomic mass is 16.1. The SMILES string of the molecule is CNC(=O)CC1CNCCN1CC1=c2ccncc2=CC(C)C=C1. The molecular weight excluding hydrogens is 300 g/mol. The number of pyridine rings is 1. The predicted molar refractivity (Wildman–Crippen MR) is 96.6 cm³/mol. The molecule has 2 unspecified atom stereocenters. The van der Waals surface area contributed by atoms with E-state index in [1.165, 1.54) is 16.0 Å². The van der Waals surface area contributed by atoms with E-state index in [4.69, 9.17) is 0 Å². The number of carbonyl (C=O) groups excluding carboxylic acids is 1. The normalized spacial score (nSPS) is 24.0. The topological polar surface area (TPSA) is 57.3 Å². The van der Waals surface area contributed by atoms with Gasteiger partial charge in [0.15, 0.2) is 0 Å². The first-order valence-corrected chi connectivity index (χ1v) is 8.66. The minimum absolute atomic E-state index is 0.0988. The van der Waals surface area contributed by atoms with Gasteiger partial charge in [-0.2, -0.15) is 0 Å². The van der Waals surface area contributed by atoms with E-state index in [0.717, 1.165) is 26.2 Å². The third kappa shape index (κ3) is 3.91. The fourth-order valence-electron chi connectivity index (χ4n) is 3.41. The summed E-state index contributed by atoms with van der Waals surface area (Å²) in [6, 6.07) is 2.33. The smallest absolute Gasteiger partial charge is 0.221 e. The molecule has 1 aliphatic carbocycles. The molecule has 2 atom stereocenters. The van der Waals surface area contributed by atoms with Gasteiger partial charge in [-0.15, -0.1) is 0 Å². The molecule has 2 heterocycles. The van der Waals surface area contributed by atoms with Gasteiger partial charge in [-0.1, -0.05) is 25.2 Å². The molecule has 1 aromatic heterocycles. The van der Waals surface area contributed by atoms with Gasteiger partial charge >= 0.3 is 0 Å². The largest absolute Gasteiger partial charge is 0.359 e. The molecule has 5 heteroatoms. The van der Waals surface area contributed by atoms with Crippen molar-refractivity contribution in [3.05, 3.63) is 41.0 Å². The van der Waals surface area contributed by atoms with Crippen LogP contribution in [0.2, 0.25) is 0 Å². The van der Waals surface area contributed by atoms with Gasteiger partial charge in [0.05, 0.1) is 0 Å². The second-order valence-corrected chi connectivity index (χ2v) is 6.58. The first-order valence-electron chi connectivity index (χ1n) is 8.66. The summed E-state index contributed by atoms with van der Waals surface area (Å²) in [5.41, 5.74) is 1.30. The van der Waals surface area contributed by atoms with Crippen LogP contribution in [0.3, 0.4) is 0 Å². The maximum absolute atomic E-state index is 11.8. The average molecular weight is 326 g/mol. The van der Waals surface area contributed by atoms with E-state index in [9.17, 15) is 4.79 Å². The molecule has 2 N–H and O–H groups in total. The Kier molecular flexibility index (Phi) is 5.43. The molecule has 24 heavy (non-hydrogen) atoms. The fraction of sp³-hybridized carbons (Fsp3) is 0.474. The van der Waals surface area contributed by atoms with E-state index in [1.807, 2.05) is 12.4 Å². The van der Waals surface area contributed by atoms with E-state index in [0.29, 0.717) is 12.3 Å². The van der Waals surface area contributed by atoms with E-state index in [1.54, 1.807) is 7.05 Å². The lowest BCUT2D eigenvalue weighted by molar-refractivity contribution is -0.121. The zero-order chi connectivity index (χ0) is 16.9. The third-order valence-corrected chi connectivity index (χ3v) is 4.79. The van der Waals surface area contributed by atoms with E-state index < -0.39 is 0 Å². The lowest BCUT2D eigenvalue weighted by Crippen LogP contribution is -2.53. The van der Waals surface area contributed by atoms with Crippen LogP contribution < -0.4 is 21.1 Å². The molecule has 0 radical (unpaired) electrons. The summed E-state index contributed by atoms with van der Waals surface area (Å²) in [5, 5.41) is 8.60. The van der Waals surface area contributed by atoms with Crippen LogP contribution in [-0.4, -0.2) is 55.1 Å². The van der Waals surface area contributed by atoms with Crippen molar-refractivity contribution in [3.63, 3.8) is 0 Å². The number of nitrogens with zero attached hydrogens (tertiary/aromatic N) is 2. The number of piperazine rings is 1. The first kappa shape index (κ1) is 16.9. The lowest BCUT2D eigenvalue weighted by Gasteiger charge is -2.36. The Morgan fingerprint density at radius 3 is 3.21 bits per heavy atom. The van der Waals surface area contributed by atoms with Crippen LogP contribution in [0.15, 0.2) is 30.6 Å². The Hall–Kier alpha value is -1.98. The zero-order valence-electron chi connectivity index (χ0n) is 14.5. The maximum Gasteiger partial charge on any atom is 0.221 e. The summed E-state index contributed by atoms with van der Waals surface area (Å²) in [6.45, 7) is 5.83. The molecule has 1 aromatic rings. The highest BCUT2D eigenvalue weighted by Crippen LogP contribution is 2.13. The van der Waals surface area contributed by atoms with Gasteiger partial charge in [-0.3, -0.25) is 14.7 Å². The Bertz CT molecular complexity index is 740. The van der Waals surface area contributed by atoms with Gasteiger partial charge in [0.25, 0.3) is 0 Å². The third-order valence-electron chi connectivity index (χ3n) is 4.79. The zero-order valence-corrected chi connectivity index (χ0v) is 14.5. The Morgan fingerprint density at radius 1 is 1.50 bits per heavy atom. The number of amides is 1. The molecule has 2 aliphatic rings. The van der Waals surface area contributed by atoms with Crippen LogP contribution in [0.1, 0.15) is 13.3 Å². The quantitative estimate of drug-likeness (QED) is 0.793. The number of aromatic nitrogens is 1. The molecule has 5 nitrogen and oxygen atoms in total. The van der Waals surface area contributed by atoms with E-state index in [-0.39, 0.29) is 11.9 Å². The number of hydrogen-bond acceptors (Lipinski definition) is 4. The van der Waals surface area contributed by atoms with Gasteiger partial charge in [-0.05, 0) is 28.0 Å². The lowest BCUT2D eigenvalue weighted by atomic mass is 10.1. The van der Waals surface area contributed by atoms with Crippen molar-refractivity contribution in [1.29, 1.82) is 0 Å². The molecule has 1 aliphatic heterocycles. The minimum Gasteiger partial charge on any atom is -0.359 e. The molecule has 1 amide bonds. The molecule has 0 aromatic carbocycles. The highest BCUT2D eigenvalue weighted by molar-refractivity contribution is 5.76. The number of nitrogens with one attached hydrogen (secondary N) is 2. The van der Waals surface area contributed by atoms with Crippen molar-refractivity contribution in [3.8, 4) is 0 Å². The molecule has 3 rings (SSSR count). The van der Waals surface area contributed by atoms with Crippen LogP contribution >= 0.6 is 0 Å². The summed E-state index contributed by atoms with van der Waals surface area (Å²) >= 11 is 0. The van der Waals surface area contributed by atoms with E-state index in [2.05, 4.69) is 51.7 Å². The predicted octanol–water partition coefficient (Wildman–Crippen LogP) is -0.371. The summed E-state index contributed by atoms with van der Waals surface area (Å²) in [4.78, 5) is 18.5. The van der Waals surface area contributed by atoms with Crippen LogP contribution in [0.25, 0.3) is 11.6 Å². The molecule has 128 valence electrons. The van der Waals surface area contributed by atoms with Gasteiger partial charge in [0.1, 0.15) is 0 Å². The summed E-state index contributed by atoms with van der Waals surface area (Å²) in [6.07, 6.45) is 11.1. The number of fused-ring (bicyclic) bond motifs is 1. The van der Waals surface area contributed by atoms with Crippen molar-refractivity contribution >= 4 is 17.6 Å². The van der Waals surface area contributed by atoms with Gasteiger partial charge in [-0.25, -0.2) is 0 Å². The molecule has 0 saturated carbocycles. The molecular formula is C19H26N4O. The summed E-state index contributed by atoms with van der Waals surface area (Å²) in [7, 11) is 1.70. The fourth-order valence-corrected chi connectivity index (χ4v) is 3.41. The maximum atomic E-state index is 11.8. The van der Waals surface area contributed by atoms with Crippen molar-refractivity contribution < 1.29 is 4.79 Å². The average Bonchev–Trinajstić information content (AvgIpc) is 2.75. The van der Waals surface area contributed by atoms with Crippen molar-refractivity contribution in [2.45, 2.75) is 19.4 Å². The van der Waals surface area contributed by atoms with E-state index >= 15 is 0 Å².